The minimum atomic E-state index is -0.388. The Balaban J connectivity index is 1.65. The fraction of sp³-hybridized carbons (Fsp3) is 0.231. The van der Waals surface area contributed by atoms with Gasteiger partial charge in [-0.2, -0.15) is 0 Å². The molecular formula is C26H24O3. The molecule has 3 heteroatoms. The summed E-state index contributed by atoms with van der Waals surface area (Å²) in [4.78, 5) is 25.3. The van der Waals surface area contributed by atoms with E-state index in [4.69, 9.17) is 4.74 Å². The fourth-order valence-corrected chi connectivity index (χ4v) is 4.50. The van der Waals surface area contributed by atoms with Crippen LogP contribution < -0.4 is 0 Å². The molecule has 0 bridgehead atoms. The average Bonchev–Trinajstić information content (AvgIpc) is 2.75. The van der Waals surface area contributed by atoms with Crippen LogP contribution in [0.15, 0.2) is 91.0 Å². The Kier molecular flexibility index (Phi) is 5.57. The molecule has 3 atom stereocenters. The number of benzene rings is 3. The van der Waals surface area contributed by atoms with Crippen molar-refractivity contribution in [2.75, 3.05) is 0 Å². The van der Waals surface area contributed by atoms with Gasteiger partial charge in [-0.3, -0.25) is 4.79 Å². The molecule has 1 fully saturated rings. The molecule has 0 saturated heterocycles. The van der Waals surface area contributed by atoms with Crippen LogP contribution in [-0.2, 0) is 14.3 Å². The first-order valence-electron chi connectivity index (χ1n) is 10.0. The standard InChI is InChI=1S/C26H24O3/c1-18(19-11-5-2-6-12-19)29-26(28)25-23(20-13-7-3-8-14-20)22(17-27)24(25)21-15-9-4-10-16-21/h2-18,22-25H,1H3/t18?,22?,23-,24-,25?/m1/s1. The molecule has 0 radical (unpaired) electrons. The van der Waals surface area contributed by atoms with Crippen LogP contribution in [0, 0.1) is 11.8 Å². The summed E-state index contributed by atoms with van der Waals surface area (Å²) >= 11 is 0. The van der Waals surface area contributed by atoms with Gasteiger partial charge in [0.15, 0.2) is 0 Å². The number of esters is 1. The van der Waals surface area contributed by atoms with E-state index >= 15 is 0 Å². The predicted octanol–water partition coefficient (Wildman–Crippen LogP) is 5.30. The Morgan fingerprint density at radius 3 is 1.69 bits per heavy atom. The van der Waals surface area contributed by atoms with E-state index in [0.717, 1.165) is 23.0 Å². The lowest BCUT2D eigenvalue weighted by Crippen LogP contribution is -2.49. The van der Waals surface area contributed by atoms with E-state index in [9.17, 15) is 9.59 Å². The van der Waals surface area contributed by atoms with Crippen LogP contribution in [0.2, 0.25) is 0 Å². The highest BCUT2D eigenvalue weighted by molar-refractivity contribution is 5.81. The molecular weight excluding hydrogens is 360 g/mol. The van der Waals surface area contributed by atoms with Gasteiger partial charge in [-0.25, -0.2) is 0 Å². The zero-order valence-electron chi connectivity index (χ0n) is 16.3. The van der Waals surface area contributed by atoms with Crippen LogP contribution in [-0.4, -0.2) is 12.3 Å². The molecule has 29 heavy (non-hydrogen) atoms. The maximum atomic E-state index is 13.3. The van der Waals surface area contributed by atoms with E-state index in [1.165, 1.54) is 0 Å². The van der Waals surface area contributed by atoms with Gasteiger partial charge in [0, 0.05) is 17.8 Å². The monoisotopic (exact) mass is 384 g/mol. The largest absolute Gasteiger partial charge is 0.458 e. The summed E-state index contributed by atoms with van der Waals surface area (Å²) in [5.74, 6) is -1.23. The second-order valence-corrected chi connectivity index (χ2v) is 7.60. The third-order valence-corrected chi connectivity index (χ3v) is 5.96. The van der Waals surface area contributed by atoms with Gasteiger partial charge in [-0.15, -0.1) is 0 Å². The van der Waals surface area contributed by atoms with Gasteiger partial charge >= 0.3 is 5.97 Å². The molecule has 0 aromatic heterocycles. The van der Waals surface area contributed by atoms with Gasteiger partial charge in [0.25, 0.3) is 0 Å². The second kappa shape index (κ2) is 8.44. The topological polar surface area (TPSA) is 43.4 Å². The Morgan fingerprint density at radius 1 is 0.793 bits per heavy atom. The van der Waals surface area contributed by atoms with Gasteiger partial charge in [-0.1, -0.05) is 91.0 Å². The Morgan fingerprint density at radius 2 is 1.24 bits per heavy atom. The van der Waals surface area contributed by atoms with E-state index in [-0.39, 0.29) is 35.7 Å². The maximum Gasteiger partial charge on any atom is 0.310 e. The number of carbonyl (C=O) groups excluding carboxylic acids is 2. The van der Waals surface area contributed by atoms with Crippen LogP contribution in [0.1, 0.15) is 41.6 Å². The molecule has 1 aliphatic rings. The maximum absolute atomic E-state index is 13.3. The summed E-state index contributed by atoms with van der Waals surface area (Å²) in [6.45, 7) is 1.89. The number of rotatable bonds is 6. The minimum absolute atomic E-state index is 0.172. The van der Waals surface area contributed by atoms with Crippen LogP contribution in [0.5, 0.6) is 0 Å². The molecule has 3 aromatic rings. The van der Waals surface area contributed by atoms with Crippen molar-refractivity contribution in [3.05, 3.63) is 108 Å². The van der Waals surface area contributed by atoms with Crippen LogP contribution in [0.25, 0.3) is 0 Å². The second-order valence-electron chi connectivity index (χ2n) is 7.60. The third-order valence-electron chi connectivity index (χ3n) is 5.96. The number of carbonyl (C=O) groups is 2. The van der Waals surface area contributed by atoms with Crippen molar-refractivity contribution in [1.82, 2.24) is 0 Å². The number of ether oxygens (including phenoxy) is 1. The third kappa shape index (κ3) is 3.73. The zero-order chi connectivity index (χ0) is 20.2. The first-order chi connectivity index (χ1) is 14.2. The normalized spacial score (nSPS) is 24.2. The van der Waals surface area contributed by atoms with Crippen LogP contribution in [0.3, 0.4) is 0 Å². The molecule has 1 aliphatic carbocycles. The van der Waals surface area contributed by atoms with E-state index in [2.05, 4.69) is 0 Å². The van der Waals surface area contributed by atoms with E-state index in [1.807, 2.05) is 97.9 Å². The van der Waals surface area contributed by atoms with E-state index in [1.54, 1.807) is 0 Å². The smallest absolute Gasteiger partial charge is 0.310 e. The van der Waals surface area contributed by atoms with Gasteiger partial charge in [0.1, 0.15) is 12.4 Å². The molecule has 3 aromatic carbocycles. The first-order valence-corrected chi connectivity index (χ1v) is 10.0. The van der Waals surface area contributed by atoms with Crippen LogP contribution in [0.4, 0.5) is 0 Å². The van der Waals surface area contributed by atoms with Crippen molar-refractivity contribution < 1.29 is 14.3 Å². The summed E-state index contributed by atoms with van der Waals surface area (Å²) in [5.41, 5.74) is 2.97. The molecule has 1 unspecified atom stereocenters. The summed E-state index contributed by atoms with van der Waals surface area (Å²) in [6.07, 6.45) is 0.659. The molecule has 1 saturated carbocycles. The molecule has 0 spiro atoms. The molecule has 3 nitrogen and oxygen atoms in total. The molecule has 0 heterocycles. The van der Waals surface area contributed by atoms with Crippen LogP contribution >= 0.6 is 0 Å². The lowest BCUT2D eigenvalue weighted by molar-refractivity contribution is -0.162. The van der Waals surface area contributed by atoms with Crippen molar-refractivity contribution in [1.29, 1.82) is 0 Å². The highest BCUT2D eigenvalue weighted by Crippen LogP contribution is 2.57. The average molecular weight is 384 g/mol. The van der Waals surface area contributed by atoms with E-state index in [0.29, 0.717) is 0 Å². The molecule has 0 aliphatic heterocycles. The molecule has 0 amide bonds. The van der Waals surface area contributed by atoms with Crippen molar-refractivity contribution in [3.63, 3.8) is 0 Å². The predicted molar refractivity (Wildman–Crippen MR) is 112 cm³/mol. The SMILES string of the molecule is CC(OC(=O)C1[C@H](c2ccccc2)C(C=O)[C@H]1c1ccccc1)c1ccccc1. The van der Waals surface area contributed by atoms with Crippen molar-refractivity contribution in [3.8, 4) is 0 Å². The van der Waals surface area contributed by atoms with Gasteiger partial charge < -0.3 is 9.53 Å². The highest BCUT2D eigenvalue weighted by Gasteiger charge is 2.56. The zero-order valence-corrected chi connectivity index (χ0v) is 16.3. The Labute approximate surface area is 171 Å². The minimum Gasteiger partial charge on any atom is -0.458 e. The first kappa shape index (κ1) is 19.1. The molecule has 4 rings (SSSR count). The van der Waals surface area contributed by atoms with Gasteiger partial charge in [-0.05, 0) is 23.6 Å². The van der Waals surface area contributed by atoms with Crippen molar-refractivity contribution in [2.45, 2.75) is 24.9 Å². The highest BCUT2D eigenvalue weighted by atomic mass is 16.5. The lowest BCUT2D eigenvalue weighted by Gasteiger charge is -2.49. The molecule has 0 N–H and O–H groups in total. The van der Waals surface area contributed by atoms with Gasteiger partial charge in [0.2, 0.25) is 0 Å². The number of hydrogen-bond acceptors (Lipinski definition) is 3. The Bertz CT molecular complexity index is 906. The van der Waals surface area contributed by atoms with Crippen molar-refractivity contribution >= 4 is 12.3 Å². The lowest BCUT2D eigenvalue weighted by atomic mass is 9.53. The number of hydrogen-bond donors (Lipinski definition) is 0. The summed E-state index contributed by atoms with van der Waals surface area (Å²) in [6, 6.07) is 29.3. The summed E-state index contributed by atoms with van der Waals surface area (Å²) in [5, 5.41) is 0. The van der Waals surface area contributed by atoms with Gasteiger partial charge in [0.05, 0.1) is 5.92 Å². The Hall–Kier alpha value is -3.20. The quantitative estimate of drug-likeness (QED) is 0.428. The summed E-state index contributed by atoms with van der Waals surface area (Å²) in [7, 11) is 0. The van der Waals surface area contributed by atoms with E-state index < -0.39 is 0 Å². The fourth-order valence-electron chi connectivity index (χ4n) is 4.50. The molecule has 146 valence electrons. The summed E-state index contributed by atoms with van der Waals surface area (Å²) < 4.78 is 5.88. The number of aldehydes is 1. The van der Waals surface area contributed by atoms with Crippen molar-refractivity contribution in [2.24, 2.45) is 11.8 Å².